The molecule has 2 rings (SSSR count). The molecule has 0 aromatic rings. The molecule has 2 nitrogen and oxygen atoms in total. The lowest BCUT2D eigenvalue weighted by Gasteiger charge is -2.41. The fourth-order valence-corrected chi connectivity index (χ4v) is 4.18. The van der Waals surface area contributed by atoms with Gasteiger partial charge in [-0.1, -0.05) is 45.4 Å². The Morgan fingerprint density at radius 2 is 1.35 bits per heavy atom. The van der Waals surface area contributed by atoms with Crippen molar-refractivity contribution in [3.8, 4) is 0 Å². The van der Waals surface area contributed by atoms with E-state index in [0.29, 0.717) is 0 Å². The quantitative estimate of drug-likeness (QED) is 0.665. The van der Waals surface area contributed by atoms with Gasteiger partial charge in [0.1, 0.15) is 0 Å². The average Bonchev–Trinajstić information content (AvgIpc) is 2.53. The molecule has 20 heavy (non-hydrogen) atoms. The Kier molecular flexibility index (Phi) is 7.97. The molecule has 2 aliphatic rings. The van der Waals surface area contributed by atoms with Gasteiger partial charge >= 0.3 is 0 Å². The molecule has 0 aromatic carbocycles. The highest BCUT2D eigenvalue weighted by atomic mass is 15.2. The monoisotopic (exact) mass is 280 g/mol. The third-order valence-corrected chi connectivity index (χ3v) is 5.28. The molecule has 2 fully saturated rings. The first-order valence-electron chi connectivity index (χ1n) is 9.38. The molecule has 0 bridgehead atoms. The minimum Gasteiger partial charge on any atom is -0.317 e. The number of hydrogen-bond donors (Lipinski definition) is 1. The first-order chi connectivity index (χ1) is 9.92. The summed E-state index contributed by atoms with van der Waals surface area (Å²) >= 11 is 0. The lowest BCUT2D eigenvalue weighted by molar-refractivity contribution is 0.0796. The second-order valence-electron chi connectivity index (χ2n) is 6.93. The van der Waals surface area contributed by atoms with E-state index in [1.54, 1.807) is 0 Å². The molecule has 0 atom stereocenters. The van der Waals surface area contributed by atoms with Gasteiger partial charge in [0, 0.05) is 12.1 Å². The molecule has 0 aliphatic heterocycles. The number of nitrogens with zero attached hydrogens (tertiary/aromatic N) is 1. The van der Waals surface area contributed by atoms with E-state index in [2.05, 4.69) is 17.1 Å². The third kappa shape index (κ3) is 5.37. The Morgan fingerprint density at radius 3 is 1.85 bits per heavy atom. The van der Waals surface area contributed by atoms with Crippen LogP contribution in [0.25, 0.3) is 0 Å². The predicted molar refractivity (Wildman–Crippen MR) is 88.2 cm³/mol. The summed E-state index contributed by atoms with van der Waals surface area (Å²) in [5.74, 6) is 0. The van der Waals surface area contributed by atoms with E-state index in [-0.39, 0.29) is 0 Å². The summed E-state index contributed by atoms with van der Waals surface area (Å²) in [5, 5.41) is 3.57. The van der Waals surface area contributed by atoms with E-state index >= 15 is 0 Å². The van der Waals surface area contributed by atoms with Crippen molar-refractivity contribution in [3.05, 3.63) is 0 Å². The molecular formula is C18H36N2. The Balaban J connectivity index is 1.78. The number of rotatable bonds is 8. The molecule has 2 aliphatic carbocycles. The summed E-state index contributed by atoms with van der Waals surface area (Å²) < 4.78 is 0. The van der Waals surface area contributed by atoms with Crippen LogP contribution in [0.5, 0.6) is 0 Å². The maximum Gasteiger partial charge on any atom is 0.00982 e. The van der Waals surface area contributed by atoms with Crippen LogP contribution in [0.15, 0.2) is 0 Å². The molecule has 2 saturated carbocycles. The second kappa shape index (κ2) is 9.78. The Bertz CT molecular complexity index is 212. The number of nitrogens with one attached hydrogen (secondary N) is 1. The van der Waals surface area contributed by atoms with Gasteiger partial charge in [0.15, 0.2) is 0 Å². The molecular weight excluding hydrogens is 244 g/mol. The Hall–Kier alpha value is -0.0800. The maximum atomic E-state index is 3.57. The Labute approximate surface area is 126 Å². The van der Waals surface area contributed by atoms with E-state index in [1.807, 2.05) is 0 Å². The standard InChI is InChI=1S/C18H36N2/c1-2-14-19-15-9-16-20(17-10-5-3-6-11-17)18-12-7-4-8-13-18/h17-19H,2-16H2,1H3. The summed E-state index contributed by atoms with van der Waals surface area (Å²) in [4.78, 5) is 2.94. The van der Waals surface area contributed by atoms with Gasteiger partial charge in [0.05, 0.1) is 0 Å². The highest BCUT2D eigenvalue weighted by Crippen LogP contribution is 2.30. The molecule has 2 heteroatoms. The fourth-order valence-electron chi connectivity index (χ4n) is 4.18. The highest BCUT2D eigenvalue weighted by Gasteiger charge is 2.28. The van der Waals surface area contributed by atoms with Crippen molar-refractivity contribution < 1.29 is 0 Å². The molecule has 0 radical (unpaired) electrons. The van der Waals surface area contributed by atoms with Crippen LogP contribution in [0.4, 0.5) is 0 Å². The van der Waals surface area contributed by atoms with Crippen molar-refractivity contribution in [2.24, 2.45) is 0 Å². The molecule has 0 aromatic heterocycles. The molecule has 1 N–H and O–H groups in total. The van der Waals surface area contributed by atoms with Crippen LogP contribution >= 0.6 is 0 Å². The van der Waals surface area contributed by atoms with Crippen LogP contribution in [0, 0.1) is 0 Å². The van der Waals surface area contributed by atoms with Crippen molar-refractivity contribution in [1.29, 1.82) is 0 Å². The van der Waals surface area contributed by atoms with E-state index in [1.165, 1.54) is 96.7 Å². The van der Waals surface area contributed by atoms with Gasteiger partial charge in [-0.2, -0.15) is 0 Å². The summed E-state index contributed by atoms with van der Waals surface area (Å²) in [6.45, 7) is 5.99. The molecule has 0 amide bonds. The van der Waals surface area contributed by atoms with Gasteiger partial charge in [-0.3, -0.25) is 4.90 Å². The van der Waals surface area contributed by atoms with Crippen molar-refractivity contribution >= 4 is 0 Å². The topological polar surface area (TPSA) is 15.3 Å². The van der Waals surface area contributed by atoms with E-state index in [9.17, 15) is 0 Å². The molecule has 118 valence electrons. The molecule has 0 unspecified atom stereocenters. The third-order valence-electron chi connectivity index (χ3n) is 5.28. The van der Waals surface area contributed by atoms with Gasteiger partial charge in [-0.05, 0) is 58.2 Å². The smallest absolute Gasteiger partial charge is 0.00982 e. The Morgan fingerprint density at radius 1 is 0.800 bits per heavy atom. The SMILES string of the molecule is CCCNCCCN(C1CCCCC1)C1CCCCC1. The van der Waals surface area contributed by atoms with E-state index in [4.69, 9.17) is 0 Å². The fraction of sp³-hybridized carbons (Fsp3) is 1.00. The van der Waals surface area contributed by atoms with E-state index < -0.39 is 0 Å². The lowest BCUT2D eigenvalue weighted by Crippen LogP contribution is -2.46. The van der Waals surface area contributed by atoms with Crippen molar-refractivity contribution in [1.82, 2.24) is 10.2 Å². The largest absolute Gasteiger partial charge is 0.317 e. The summed E-state index contributed by atoms with van der Waals surface area (Å²) in [6.07, 6.45) is 17.3. The van der Waals surface area contributed by atoms with Gasteiger partial charge < -0.3 is 5.32 Å². The van der Waals surface area contributed by atoms with Crippen LogP contribution in [0.3, 0.4) is 0 Å². The van der Waals surface area contributed by atoms with Gasteiger partial charge in [-0.15, -0.1) is 0 Å². The van der Waals surface area contributed by atoms with Crippen LogP contribution < -0.4 is 5.32 Å². The van der Waals surface area contributed by atoms with Gasteiger partial charge in [0.25, 0.3) is 0 Å². The van der Waals surface area contributed by atoms with Crippen LogP contribution in [-0.2, 0) is 0 Å². The molecule has 0 saturated heterocycles. The molecule has 0 spiro atoms. The zero-order chi connectivity index (χ0) is 14.0. The first-order valence-corrected chi connectivity index (χ1v) is 9.38. The van der Waals surface area contributed by atoms with Crippen LogP contribution in [0.2, 0.25) is 0 Å². The second-order valence-corrected chi connectivity index (χ2v) is 6.93. The zero-order valence-corrected chi connectivity index (χ0v) is 13.7. The zero-order valence-electron chi connectivity index (χ0n) is 13.7. The normalized spacial score (nSPS) is 22.5. The average molecular weight is 280 g/mol. The summed E-state index contributed by atoms with van der Waals surface area (Å²) in [5.41, 5.74) is 0. The first kappa shape index (κ1) is 16.3. The maximum absolute atomic E-state index is 3.57. The van der Waals surface area contributed by atoms with Crippen molar-refractivity contribution in [2.75, 3.05) is 19.6 Å². The van der Waals surface area contributed by atoms with Crippen LogP contribution in [0.1, 0.15) is 84.0 Å². The minimum absolute atomic E-state index is 0.915. The van der Waals surface area contributed by atoms with Gasteiger partial charge in [0.2, 0.25) is 0 Å². The predicted octanol–water partition coefficient (Wildman–Crippen LogP) is 4.34. The van der Waals surface area contributed by atoms with Crippen molar-refractivity contribution in [2.45, 2.75) is 96.1 Å². The molecule has 0 heterocycles. The van der Waals surface area contributed by atoms with Gasteiger partial charge in [-0.25, -0.2) is 0 Å². The van der Waals surface area contributed by atoms with Crippen LogP contribution in [-0.4, -0.2) is 36.6 Å². The van der Waals surface area contributed by atoms with Crippen molar-refractivity contribution in [3.63, 3.8) is 0 Å². The lowest BCUT2D eigenvalue weighted by atomic mass is 9.88. The summed E-state index contributed by atoms with van der Waals surface area (Å²) in [7, 11) is 0. The summed E-state index contributed by atoms with van der Waals surface area (Å²) in [6, 6.07) is 1.83. The number of hydrogen-bond acceptors (Lipinski definition) is 2. The van der Waals surface area contributed by atoms with E-state index in [0.717, 1.165) is 12.1 Å². The minimum atomic E-state index is 0.915. The highest BCUT2D eigenvalue weighted by molar-refractivity contribution is 4.83.